The number of anilines is 4. The molecule has 0 radical (unpaired) electrons. The van der Waals surface area contributed by atoms with Gasteiger partial charge in [0.1, 0.15) is 28.9 Å². The lowest BCUT2D eigenvalue weighted by molar-refractivity contribution is -0.139. The van der Waals surface area contributed by atoms with Gasteiger partial charge >= 0.3 is 0 Å². The van der Waals surface area contributed by atoms with Crippen LogP contribution in [0.2, 0.25) is 0 Å². The molecule has 10 nitrogen and oxygen atoms in total. The van der Waals surface area contributed by atoms with Crippen molar-refractivity contribution in [2.75, 3.05) is 59.3 Å². The van der Waals surface area contributed by atoms with Gasteiger partial charge in [0, 0.05) is 39.3 Å². The molecule has 11 heteroatoms. The van der Waals surface area contributed by atoms with Gasteiger partial charge in [-0.15, -0.1) is 11.6 Å². The molecular weight excluding hydrogens is 548 g/mol. The van der Waals surface area contributed by atoms with E-state index in [0.29, 0.717) is 54.1 Å². The molecular formula is C30H39ClN4O6. The van der Waals surface area contributed by atoms with Crippen molar-refractivity contribution in [1.82, 2.24) is 0 Å². The average molecular weight is 587 g/mol. The standard InChI is InChI=1S/C16H21ClN2O3.C14H18N2O3/c1-5-19-12-7-6-11(22-9-8-17)10-13(12)18(4)14(20)16(2,3)15(19)21;1-5-16-10-7-6-9(17)8-11(10)15(4)12(18)14(2,3)13(16)19/h6-7,10H,5,8-9H2,1-4H3;6-8,17H,5H2,1-4H3. The van der Waals surface area contributed by atoms with E-state index >= 15 is 0 Å². The number of aromatic hydroxyl groups is 1. The average Bonchev–Trinajstić information content (AvgIpc) is 3.03. The summed E-state index contributed by atoms with van der Waals surface area (Å²) in [5, 5.41) is 9.60. The van der Waals surface area contributed by atoms with Crippen molar-refractivity contribution in [2.45, 2.75) is 41.5 Å². The lowest BCUT2D eigenvalue weighted by atomic mass is 9.90. The number of phenols is 1. The second-order valence-electron chi connectivity index (χ2n) is 10.9. The van der Waals surface area contributed by atoms with Gasteiger partial charge < -0.3 is 29.4 Å². The first kappa shape index (κ1) is 31.7. The van der Waals surface area contributed by atoms with Crippen LogP contribution in [-0.4, -0.2) is 68.4 Å². The lowest BCUT2D eigenvalue weighted by Crippen LogP contribution is -2.47. The van der Waals surface area contributed by atoms with Crippen LogP contribution < -0.4 is 24.3 Å². The zero-order chi connectivity index (χ0) is 30.9. The van der Waals surface area contributed by atoms with Gasteiger partial charge in [-0.1, -0.05) is 0 Å². The molecule has 0 spiro atoms. The van der Waals surface area contributed by atoms with Crippen LogP contribution in [0.4, 0.5) is 22.7 Å². The SMILES string of the molecule is CCN1C(=O)C(C)(C)C(=O)N(C)c2cc(O)ccc21.CCN1C(=O)C(C)(C)C(=O)N(C)c2cc(OCCCl)ccc21. The van der Waals surface area contributed by atoms with Gasteiger partial charge in [-0.05, 0) is 65.8 Å². The molecule has 1 N–H and O–H groups in total. The molecule has 0 atom stereocenters. The number of carbonyl (C=O) groups excluding carboxylic acids is 4. The van der Waals surface area contributed by atoms with Gasteiger partial charge in [-0.2, -0.15) is 0 Å². The zero-order valence-corrected chi connectivity index (χ0v) is 25.7. The third-order valence-electron chi connectivity index (χ3n) is 7.43. The summed E-state index contributed by atoms with van der Waals surface area (Å²) >= 11 is 5.63. The Kier molecular flexibility index (Phi) is 9.27. The minimum atomic E-state index is -1.11. The fourth-order valence-corrected chi connectivity index (χ4v) is 5.09. The van der Waals surface area contributed by atoms with Crippen LogP contribution in [0.3, 0.4) is 0 Å². The summed E-state index contributed by atoms with van der Waals surface area (Å²) in [5.41, 5.74) is 0.364. The number of fused-ring (bicyclic) bond motifs is 2. The quantitative estimate of drug-likeness (QED) is 0.410. The molecule has 0 unspecified atom stereocenters. The Balaban J connectivity index is 0.000000228. The monoisotopic (exact) mass is 586 g/mol. The number of halogens is 1. The molecule has 0 bridgehead atoms. The molecule has 2 heterocycles. The maximum atomic E-state index is 12.7. The van der Waals surface area contributed by atoms with Crippen molar-refractivity contribution in [2.24, 2.45) is 10.8 Å². The molecule has 0 saturated carbocycles. The molecule has 0 saturated heterocycles. The minimum absolute atomic E-state index is 0.0709. The topological polar surface area (TPSA) is 111 Å². The molecule has 4 amide bonds. The number of carbonyl (C=O) groups is 4. The maximum absolute atomic E-state index is 12.7. The Morgan fingerprint density at radius 3 is 1.59 bits per heavy atom. The third kappa shape index (κ3) is 5.70. The van der Waals surface area contributed by atoms with Crippen LogP contribution >= 0.6 is 11.6 Å². The number of ether oxygens (including phenoxy) is 1. The number of hydrogen-bond acceptors (Lipinski definition) is 6. The predicted octanol–water partition coefficient (Wildman–Crippen LogP) is 4.41. The maximum Gasteiger partial charge on any atom is 0.242 e. The molecule has 2 aromatic carbocycles. The minimum Gasteiger partial charge on any atom is -0.508 e. The van der Waals surface area contributed by atoms with E-state index in [1.165, 1.54) is 21.9 Å². The Bertz CT molecular complexity index is 1360. The highest BCUT2D eigenvalue weighted by Crippen LogP contribution is 2.41. The number of phenolic OH excluding ortho intramolecular Hbond substituents is 1. The number of alkyl halides is 1. The number of nitrogens with zero attached hydrogens (tertiary/aromatic N) is 4. The van der Waals surface area contributed by atoms with Crippen molar-refractivity contribution in [3.8, 4) is 11.5 Å². The Hall–Kier alpha value is -3.79. The summed E-state index contributed by atoms with van der Waals surface area (Å²) in [6, 6.07) is 10.1. The molecule has 0 aromatic heterocycles. The summed E-state index contributed by atoms with van der Waals surface area (Å²) in [6.45, 7) is 11.7. The highest BCUT2D eigenvalue weighted by molar-refractivity contribution is 6.21. The van der Waals surface area contributed by atoms with Crippen molar-refractivity contribution in [1.29, 1.82) is 0 Å². The van der Waals surface area contributed by atoms with Gasteiger partial charge in [0.05, 0.1) is 28.6 Å². The first-order valence-corrected chi connectivity index (χ1v) is 14.0. The fraction of sp³-hybridized carbons (Fsp3) is 0.467. The van der Waals surface area contributed by atoms with Crippen LogP contribution in [-0.2, 0) is 19.2 Å². The van der Waals surface area contributed by atoms with Crippen molar-refractivity contribution >= 4 is 58.0 Å². The summed E-state index contributed by atoms with van der Waals surface area (Å²) in [7, 11) is 3.30. The van der Waals surface area contributed by atoms with E-state index in [-0.39, 0.29) is 29.4 Å². The smallest absolute Gasteiger partial charge is 0.242 e. The molecule has 41 heavy (non-hydrogen) atoms. The highest BCUT2D eigenvalue weighted by Gasteiger charge is 2.46. The highest BCUT2D eigenvalue weighted by atomic mass is 35.5. The number of benzene rings is 2. The van der Waals surface area contributed by atoms with E-state index in [2.05, 4.69) is 0 Å². The van der Waals surface area contributed by atoms with Crippen LogP contribution in [0.15, 0.2) is 36.4 Å². The normalized spacial score (nSPS) is 17.8. The van der Waals surface area contributed by atoms with Gasteiger partial charge in [0.25, 0.3) is 0 Å². The summed E-state index contributed by atoms with van der Waals surface area (Å²) < 4.78 is 5.52. The summed E-state index contributed by atoms with van der Waals surface area (Å²) in [6.07, 6.45) is 0. The van der Waals surface area contributed by atoms with E-state index in [4.69, 9.17) is 16.3 Å². The molecule has 2 aliphatic rings. The summed E-state index contributed by atoms with van der Waals surface area (Å²) in [5.74, 6) is 0.156. The number of amides is 4. The van der Waals surface area contributed by atoms with E-state index in [9.17, 15) is 24.3 Å². The van der Waals surface area contributed by atoms with Crippen molar-refractivity contribution in [3.63, 3.8) is 0 Å². The van der Waals surface area contributed by atoms with Crippen molar-refractivity contribution in [3.05, 3.63) is 36.4 Å². The van der Waals surface area contributed by atoms with Crippen LogP contribution in [0.5, 0.6) is 11.5 Å². The van der Waals surface area contributed by atoms with Crippen molar-refractivity contribution < 1.29 is 29.0 Å². The van der Waals surface area contributed by atoms with Gasteiger partial charge in [-0.3, -0.25) is 19.2 Å². The van der Waals surface area contributed by atoms with E-state index in [0.717, 1.165) is 0 Å². The zero-order valence-electron chi connectivity index (χ0n) is 24.9. The van der Waals surface area contributed by atoms with Crippen LogP contribution in [0, 0.1) is 10.8 Å². The predicted molar refractivity (Wildman–Crippen MR) is 161 cm³/mol. The second-order valence-corrected chi connectivity index (χ2v) is 11.3. The second kappa shape index (κ2) is 12.0. The molecule has 4 rings (SSSR count). The lowest BCUT2D eigenvalue weighted by Gasteiger charge is -2.27. The Labute approximate surface area is 246 Å². The molecule has 222 valence electrons. The van der Waals surface area contributed by atoms with E-state index in [1.807, 2.05) is 19.9 Å². The van der Waals surface area contributed by atoms with Crippen LogP contribution in [0.25, 0.3) is 0 Å². The number of hydrogen-bond donors (Lipinski definition) is 1. The first-order valence-electron chi connectivity index (χ1n) is 13.5. The molecule has 2 aromatic rings. The molecule has 0 fully saturated rings. The van der Waals surface area contributed by atoms with E-state index in [1.54, 1.807) is 69.8 Å². The molecule has 0 aliphatic carbocycles. The van der Waals surface area contributed by atoms with Gasteiger partial charge in [-0.25, -0.2) is 0 Å². The fourth-order valence-electron chi connectivity index (χ4n) is 5.02. The Morgan fingerprint density at radius 2 is 1.15 bits per heavy atom. The molecule has 2 aliphatic heterocycles. The van der Waals surface area contributed by atoms with Crippen LogP contribution in [0.1, 0.15) is 41.5 Å². The Morgan fingerprint density at radius 1 is 0.707 bits per heavy atom. The van der Waals surface area contributed by atoms with Gasteiger partial charge in [0.15, 0.2) is 0 Å². The van der Waals surface area contributed by atoms with Gasteiger partial charge in [0.2, 0.25) is 23.6 Å². The third-order valence-corrected chi connectivity index (χ3v) is 7.58. The largest absolute Gasteiger partial charge is 0.508 e. The first-order chi connectivity index (χ1) is 19.1. The van der Waals surface area contributed by atoms with E-state index < -0.39 is 10.8 Å². The number of rotatable bonds is 5. The summed E-state index contributed by atoms with van der Waals surface area (Å²) in [4.78, 5) is 56.5.